The summed E-state index contributed by atoms with van der Waals surface area (Å²) in [6, 6.07) is 24.0. The fourth-order valence-corrected chi connectivity index (χ4v) is 6.01. The molecule has 0 atom stereocenters. The Morgan fingerprint density at radius 1 is 0.957 bits per heavy atom. The van der Waals surface area contributed by atoms with Crippen LogP contribution in [0.4, 0.5) is 5.82 Å². The highest BCUT2D eigenvalue weighted by Gasteiger charge is 2.21. The average Bonchev–Trinajstić information content (AvgIpc) is 3.71. The molecule has 11 nitrogen and oxygen atoms in total. The van der Waals surface area contributed by atoms with Gasteiger partial charge >= 0.3 is 7.60 Å². The zero-order chi connectivity index (χ0) is 33.2. The molecular formula is C35H37N4O7P. The summed E-state index contributed by atoms with van der Waals surface area (Å²) in [6.45, 7) is 6.05. The number of carbonyl (C=O) groups is 1. The summed E-state index contributed by atoms with van der Waals surface area (Å²) >= 11 is 0. The first-order valence-electron chi connectivity index (χ1n) is 15.3. The van der Waals surface area contributed by atoms with Crippen LogP contribution in [0.15, 0.2) is 95.3 Å². The molecular weight excluding hydrogens is 619 g/mol. The molecule has 2 aromatic heterocycles. The lowest BCUT2D eigenvalue weighted by Gasteiger charge is -2.12. The van der Waals surface area contributed by atoms with Crippen molar-refractivity contribution in [3.8, 4) is 28.6 Å². The number of para-hydroxylation sites is 1. The lowest BCUT2D eigenvalue weighted by Crippen LogP contribution is -2.13. The van der Waals surface area contributed by atoms with Gasteiger partial charge in [-0.15, -0.1) is 5.10 Å². The number of hydrogen-bond donors (Lipinski definition) is 1. The van der Waals surface area contributed by atoms with E-state index in [1.165, 1.54) is 12.9 Å². The predicted octanol–water partition coefficient (Wildman–Crippen LogP) is 8.17. The van der Waals surface area contributed by atoms with Gasteiger partial charge in [-0.1, -0.05) is 43.3 Å². The summed E-state index contributed by atoms with van der Waals surface area (Å²) in [7, 11) is -1.99. The Balaban J connectivity index is 1.36. The second-order valence-electron chi connectivity index (χ2n) is 10.1. The number of ether oxygens (including phenoxy) is 2. The number of hydrogen-bond acceptors (Lipinski definition) is 9. The average molecular weight is 657 g/mol. The number of rotatable bonds is 15. The van der Waals surface area contributed by atoms with E-state index >= 15 is 0 Å². The van der Waals surface area contributed by atoms with Gasteiger partial charge in [0.25, 0.3) is 5.91 Å². The third-order valence-corrected chi connectivity index (χ3v) is 8.71. The minimum absolute atomic E-state index is 0.154. The fraction of sp³-hybridized carbons (Fsp3) is 0.229. The number of oxazole rings is 1. The maximum absolute atomic E-state index is 13.5. The van der Waals surface area contributed by atoms with Gasteiger partial charge in [-0.25, -0.2) is 9.67 Å². The summed E-state index contributed by atoms with van der Waals surface area (Å²) in [5.41, 5.74) is 3.16. The molecule has 1 N–H and O–H groups in total. The molecule has 47 heavy (non-hydrogen) atoms. The Bertz CT molecular complexity index is 1860. The van der Waals surface area contributed by atoms with E-state index in [1.807, 2.05) is 67.6 Å². The van der Waals surface area contributed by atoms with Crippen LogP contribution in [0.25, 0.3) is 23.2 Å². The van der Waals surface area contributed by atoms with Crippen LogP contribution in [0.5, 0.6) is 11.5 Å². The zero-order valence-corrected chi connectivity index (χ0v) is 27.6. The Hall–Kier alpha value is -4.96. The standard InChI is InChI=1S/C35H37N4O7P/c1-5-30-29(36-35(46-30)25-14-10-8-11-15-25)24-43-31-19-18-26(22-32(31)42-4)34(40)37-33-27(20-21-47(41,44-6-2)45-7-3)23-39(38-33)28-16-12-9-13-17-28/h8-23H,5-7,24H2,1-4H3,(H,37,38,40)/b21-20+. The molecule has 0 aliphatic carbocycles. The molecule has 0 fully saturated rings. The third-order valence-electron chi connectivity index (χ3n) is 6.96. The first-order valence-corrected chi connectivity index (χ1v) is 16.9. The highest BCUT2D eigenvalue weighted by atomic mass is 31.2. The SMILES string of the molecule is CCOP(=O)(/C=C/c1cn(-c2ccccc2)nc1NC(=O)c1ccc(OCc2nc(-c3ccccc3)oc2CC)c(OC)c1)OCC. The smallest absolute Gasteiger partial charge is 0.354 e. The summed E-state index contributed by atoms with van der Waals surface area (Å²) in [6.07, 6.45) is 3.95. The van der Waals surface area contributed by atoms with Crippen molar-refractivity contribution in [1.82, 2.24) is 14.8 Å². The molecule has 0 saturated carbocycles. The van der Waals surface area contributed by atoms with Crippen LogP contribution in [-0.2, 0) is 26.6 Å². The van der Waals surface area contributed by atoms with Gasteiger partial charge in [0, 0.05) is 35.1 Å². The molecule has 0 aliphatic rings. The first-order chi connectivity index (χ1) is 22.9. The summed E-state index contributed by atoms with van der Waals surface area (Å²) in [5, 5.41) is 7.46. The molecule has 0 saturated heterocycles. The number of methoxy groups -OCH3 is 1. The molecule has 0 radical (unpaired) electrons. The van der Waals surface area contributed by atoms with Crippen LogP contribution in [-0.4, -0.2) is 41.0 Å². The van der Waals surface area contributed by atoms with Gasteiger partial charge in [0.2, 0.25) is 5.89 Å². The minimum atomic E-state index is -3.50. The quantitative estimate of drug-likeness (QED) is 0.111. The number of nitrogens with one attached hydrogen (secondary N) is 1. The second-order valence-corrected chi connectivity index (χ2v) is 12.0. The highest BCUT2D eigenvalue weighted by Crippen LogP contribution is 2.50. The Morgan fingerprint density at radius 2 is 1.66 bits per heavy atom. The monoisotopic (exact) mass is 656 g/mol. The maximum atomic E-state index is 13.5. The van der Waals surface area contributed by atoms with Gasteiger partial charge in [-0.3, -0.25) is 9.36 Å². The van der Waals surface area contributed by atoms with Crippen molar-refractivity contribution in [1.29, 1.82) is 0 Å². The second kappa shape index (κ2) is 15.6. The molecule has 244 valence electrons. The van der Waals surface area contributed by atoms with Crippen molar-refractivity contribution < 1.29 is 32.3 Å². The van der Waals surface area contributed by atoms with E-state index in [1.54, 1.807) is 49.0 Å². The molecule has 1 amide bonds. The number of carbonyl (C=O) groups excluding carboxylic acids is 1. The van der Waals surface area contributed by atoms with Gasteiger partial charge in [0.05, 0.1) is 26.0 Å². The molecule has 0 unspecified atom stereocenters. The Morgan fingerprint density at radius 3 is 2.32 bits per heavy atom. The molecule has 2 heterocycles. The molecule has 0 spiro atoms. The van der Waals surface area contributed by atoms with Crippen molar-refractivity contribution in [3.05, 3.63) is 113 Å². The number of aromatic nitrogens is 3. The summed E-state index contributed by atoms with van der Waals surface area (Å²) in [5.74, 6) is 3.26. The van der Waals surface area contributed by atoms with Crippen LogP contribution in [0.2, 0.25) is 0 Å². The highest BCUT2D eigenvalue weighted by molar-refractivity contribution is 7.57. The van der Waals surface area contributed by atoms with E-state index in [2.05, 4.69) is 15.4 Å². The predicted molar refractivity (Wildman–Crippen MR) is 180 cm³/mol. The Labute approximate surface area is 273 Å². The normalized spacial score (nSPS) is 11.6. The van der Waals surface area contributed by atoms with E-state index in [0.717, 1.165) is 17.0 Å². The van der Waals surface area contributed by atoms with E-state index in [9.17, 15) is 9.36 Å². The largest absolute Gasteiger partial charge is 0.493 e. The Kier molecular flexibility index (Phi) is 11.1. The van der Waals surface area contributed by atoms with Crippen molar-refractivity contribution in [2.75, 3.05) is 25.6 Å². The summed E-state index contributed by atoms with van der Waals surface area (Å²) < 4.78 is 43.1. The number of benzene rings is 3. The molecule has 5 rings (SSSR count). The van der Waals surface area contributed by atoms with Crippen LogP contribution < -0.4 is 14.8 Å². The van der Waals surface area contributed by atoms with E-state index in [-0.39, 0.29) is 25.6 Å². The lowest BCUT2D eigenvalue weighted by molar-refractivity contribution is 0.102. The zero-order valence-electron chi connectivity index (χ0n) is 26.7. The number of nitrogens with zero attached hydrogens (tertiary/aromatic N) is 3. The molecule has 3 aromatic carbocycles. The van der Waals surface area contributed by atoms with Gasteiger partial charge in [0.1, 0.15) is 18.1 Å². The number of amides is 1. The topological polar surface area (TPSA) is 127 Å². The van der Waals surface area contributed by atoms with E-state index in [0.29, 0.717) is 40.6 Å². The van der Waals surface area contributed by atoms with E-state index < -0.39 is 13.5 Å². The molecule has 0 bridgehead atoms. The minimum Gasteiger partial charge on any atom is -0.493 e. The summed E-state index contributed by atoms with van der Waals surface area (Å²) in [4.78, 5) is 18.1. The fourth-order valence-electron chi connectivity index (χ4n) is 4.70. The molecule has 0 aliphatic heterocycles. The van der Waals surface area contributed by atoms with Crippen LogP contribution >= 0.6 is 7.60 Å². The van der Waals surface area contributed by atoms with Crippen molar-refractivity contribution in [2.24, 2.45) is 0 Å². The van der Waals surface area contributed by atoms with Gasteiger partial charge in [-0.05, 0) is 62.4 Å². The van der Waals surface area contributed by atoms with Crippen molar-refractivity contribution >= 4 is 25.4 Å². The molecule has 12 heteroatoms. The van der Waals surface area contributed by atoms with Crippen LogP contribution in [0.1, 0.15) is 48.1 Å². The van der Waals surface area contributed by atoms with Gasteiger partial charge in [-0.2, -0.15) is 0 Å². The van der Waals surface area contributed by atoms with Crippen LogP contribution in [0.3, 0.4) is 0 Å². The lowest BCUT2D eigenvalue weighted by atomic mass is 10.2. The van der Waals surface area contributed by atoms with E-state index in [4.69, 9.17) is 22.9 Å². The number of anilines is 1. The maximum Gasteiger partial charge on any atom is 0.354 e. The van der Waals surface area contributed by atoms with Crippen molar-refractivity contribution in [3.63, 3.8) is 0 Å². The third kappa shape index (κ3) is 8.26. The van der Waals surface area contributed by atoms with Crippen molar-refractivity contribution in [2.45, 2.75) is 33.8 Å². The first kappa shape index (κ1) is 33.4. The number of aryl methyl sites for hydroxylation is 1. The molecule has 5 aromatic rings. The van der Waals surface area contributed by atoms with Gasteiger partial charge < -0.3 is 28.3 Å². The van der Waals surface area contributed by atoms with Gasteiger partial charge in [0.15, 0.2) is 17.3 Å². The van der Waals surface area contributed by atoms with Crippen LogP contribution in [0, 0.1) is 0 Å².